The Morgan fingerprint density at radius 3 is 2.31 bits per heavy atom. The van der Waals surface area contributed by atoms with Gasteiger partial charge in [0.15, 0.2) is 13.1 Å². The number of anilines is 1. The fraction of sp³-hybridized carbons (Fsp3) is 0.526. The summed E-state index contributed by atoms with van der Waals surface area (Å²) in [6.45, 7) is 1.76. The summed E-state index contributed by atoms with van der Waals surface area (Å²) in [4.78, 5) is 36.6. The van der Waals surface area contributed by atoms with E-state index >= 15 is 0 Å². The minimum absolute atomic E-state index is 0.0666. The molecule has 7 nitrogen and oxygen atoms in total. The average Bonchev–Trinajstić information content (AvgIpc) is 3.13. The highest BCUT2D eigenvalue weighted by molar-refractivity contribution is 5.95. The molecule has 1 unspecified atom stereocenters. The van der Waals surface area contributed by atoms with Crippen LogP contribution in [0.3, 0.4) is 0 Å². The van der Waals surface area contributed by atoms with Gasteiger partial charge in [-0.05, 0) is 31.9 Å². The van der Waals surface area contributed by atoms with Crippen molar-refractivity contribution in [1.29, 1.82) is 0 Å². The Hall–Kier alpha value is -2.62. The van der Waals surface area contributed by atoms with Gasteiger partial charge in [0.2, 0.25) is 0 Å². The topological polar surface area (TPSA) is 91.7 Å². The van der Waals surface area contributed by atoms with Gasteiger partial charge in [-0.1, -0.05) is 25.0 Å². The summed E-state index contributed by atoms with van der Waals surface area (Å²) < 4.78 is 39.1. The van der Waals surface area contributed by atoms with Gasteiger partial charge in [0.1, 0.15) is 0 Å². The van der Waals surface area contributed by atoms with E-state index in [4.69, 9.17) is 0 Å². The Kier molecular flexibility index (Phi) is 8.00. The summed E-state index contributed by atoms with van der Waals surface area (Å²) in [6.07, 6.45) is -0.743. The molecule has 0 saturated heterocycles. The van der Waals surface area contributed by atoms with Crippen LogP contribution in [0.4, 0.5) is 23.7 Å². The number of imide groups is 1. The molecule has 0 bridgehead atoms. The van der Waals surface area contributed by atoms with Crippen LogP contribution in [0.2, 0.25) is 0 Å². The minimum atomic E-state index is -4.59. The molecule has 0 aliphatic heterocycles. The molecule has 4 N–H and O–H groups in total. The standard InChI is InChI=1S/C19H25F3N4O3/c1-2-26(12-17(28)25-18(29)23-13-7-3-4-8-13)11-16(27)24-15-10-6-5-9-14(15)19(20,21)22/h5-6,9-10,13H,2-4,7-8,11-12H2,1H3,(H,24,27)(H2,23,25,28,29)/p+1. The first-order valence-corrected chi connectivity index (χ1v) is 9.59. The largest absolute Gasteiger partial charge is 0.418 e. The zero-order valence-corrected chi connectivity index (χ0v) is 16.2. The van der Waals surface area contributed by atoms with Crippen LogP contribution in [0.5, 0.6) is 0 Å². The Morgan fingerprint density at radius 1 is 1.07 bits per heavy atom. The van der Waals surface area contributed by atoms with Gasteiger partial charge >= 0.3 is 12.2 Å². The van der Waals surface area contributed by atoms with E-state index in [2.05, 4.69) is 16.0 Å². The summed E-state index contributed by atoms with van der Waals surface area (Å²) in [5.74, 6) is -1.21. The van der Waals surface area contributed by atoms with Crippen molar-refractivity contribution in [2.24, 2.45) is 0 Å². The Bertz CT molecular complexity index is 734. The van der Waals surface area contributed by atoms with E-state index in [-0.39, 0.29) is 24.8 Å². The van der Waals surface area contributed by atoms with Crippen LogP contribution < -0.4 is 20.9 Å². The number of amides is 4. The predicted octanol–water partition coefficient (Wildman–Crippen LogP) is 1.32. The summed E-state index contributed by atoms with van der Waals surface area (Å²) >= 11 is 0. The summed E-state index contributed by atoms with van der Waals surface area (Å²) in [5, 5.41) is 7.22. The molecule has 10 heteroatoms. The van der Waals surface area contributed by atoms with Gasteiger partial charge in [-0.15, -0.1) is 0 Å². The molecule has 0 aromatic heterocycles. The van der Waals surface area contributed by atoms with E-state index in [0.717, 1.165) is 31.7 Å². The lowest BCUT2D eigenvalue weighted by molar-refractivity contribution is -0.881. The molecule has 1 aliphatic rings. The van der Waals surface area contributed by atoms with E-state index in [1.807, 2.05) is 0 Å². The lowest BCUT2D eigenvalue weighted by Crippen LogP contribution is -3.14. The first-order chi connectivity index (χ1) is 13.7. The first-order valence-electron chi connectivity index (χ1n) is 9.59. The lowest BCUT2D eigenvalue weighted by atomic mass is 10.1. The number of quaternary nitrogens is 1. The second-order valence-corrected chi connectivity index (χ2v) is 7.05. The fourth-order valence-electron chi connectivity index (χ4n) is 3.26. The number of benzene rings is 1. The van der Waals surface area contributed by atoms with Crippen molar-refractivity contribution in [2.45, 2.75) is 44.8 Å². The fourth-order valence-corrected chi connectivity index (χ4v) is 3.26. The Labute approximate surface area is 167 Å². The third kappa shape index (κ3) is 7.37. The quantitative estimate of drug-likeness (QED) is 0.541. The number of hydrogen-bond acceptors (Lipinski definition) is 3. The molecule has 1 saturated carbocycles. The molecular weight excluding hydrogens is 389 g/mol. The minimum Gasteiger partial charge on any atom is -0.335 e. The third-order valence-corrected chi connectivity index (χ3v) is 4.77. The van der Waals surface area contributed by atoms with E-state index in [9.17, 15) is 27.6 Å². The molecule has 0 spiro atoms. The first kappa shape index (κ1) is 22.7. The Morgan fingerprint density at radius 2 is 1.69 bits per heavy atom. The molecule has 4 amide bonds. The van der Waals surface area contributed by atoms with Crippen molar-refractivity contribution in [2.75, 3.05) is 25.0 Å². The summed E-state index contributed by atoms with van der Waals surface area (Å²) in [5.41, 5.74) is -1.27. The van der Waals surface area contributed by atoms with E-state index in [1.165, 1.54) is 18.2 Å². The molecule has 0 heterocycles. The van der Waals surface area contributed by atoms with Crippen molar-refractivity contribution in [3.63, 3.8) is 0 Å². The van der Waals surface area contributed by atoms with Crippen molar-refractivity contribution < 1.29 is 32.5 Å². The molecule has 0 radical (unpaired) electrons. The molecule has 160 valence electrons. The number of rotatable bonds is 7. The van der Waals surface area contributed by atoms with Gasteiger partial charge in [-0.2, -0.15) is 13.2 Å². The van der Waals surface area contributed by atoms with Gasteiger partial charge in [0.05, 0.1) is 17.8 Å². The lowest BCUT2D eigenvalue weighted by Gasteiger charge is -2.18. The van der Waals surface area contributed by atoms with Crippen molar-refractivity contribution in [3.05, 3.63) is 29.8 Å². The van der Waals surface area contributed by atoms with E-state index in [1.54, 1.807) is 6.92 Å². The number of halogens is 3. The highest BCUT2D eigenvalue weighted by Gasteiger charge is 2.33. The van der Waals surface area contributed by atoms with Gasteiger partial charge in [-0.3, -0.25) is 14.9 Å². The maximum Gasteiger partial charge on any atom is 0.418 e. The average molecular weight is 415 g/mol. The number of alkyl halides is 3. The zero-order chi connectivity index (χ0) is 21.4. The number of para-hydroxylation sites is 1. The smallest absolute Gasteiger partial charge is 0.335 e. The molecule has 1 aromatic rings. The molecule has 1 atom stereocenters. The van der Waals surface area contributed by atoms with Crippen LogP contribution in [0, 0.1) is 0 Å². The highest BCUT2D eigenvalue weighted by atomic mass is 19.4. The highest BCUT2D eigenvalue weighted by Crippen LogP contribution is 2.34. The van der Waals surface area contributed by atoms with Crippen molar-refractivity contribution in [3.8, 4) is 0 Å². The van der Waals surface area contributed by atoms with Crippen LogP contribution in [0.25, 0.3) is 0 Å². The number of carbonyl (C=O) groups is 3. The maximum atomic E-state index is 13.0. The molecule has 29 heavy (non-hydrogen) atoms. The predicted molar refractivity (Wildman–Crippen MR) is 100 cm³/mol. The molecular formula is C19H26F3N4O3+. The second kappa shape index (κ2) is 10.2. The van der Waals surface area contributed by atoms with Gasteiger partial charge in [0.25, 0.3) is 11.8 Å². The van der Waals surface area contributed by atoms with Crippen molar-refractivity contribution in [1.82, 2.24) is 10.6 Å². The zero-order valence-electron chi connectivity index (χ0n) is 16.2. The maximum absolute atomic E-state index is 13.0. The van der Waals surface area contributed by atoms with Crippen LogP contribution in [-0.2, 0) is 15.8 Å². The SMILES string of the molecule is CC[NH+](CC(=O)NC(=O)NC1CCCC1)CC(=O)Nc1ccccc1C(F)(F)F. The number of likely N-dealkylation sites (N-methyl/N-ethyl adjacent to an activating group) is 1. The monoisotopic (exact) mass is 415 g/mol. The van der Waals surface area contributed by atoms with Crippen LogP contribution in [-0.4, -0.2) is 43.5 Å². The Balaban J connectivity index is 1.85. The van der Waals surface area contributed by atoms with Gasteiger partial charge in [-0.25, -0.2) is 4.79 Å². The molecule has 1 aromatic carbocycles. The number of urea groups is 1. The van der Waals surface area contributed by atoms with Crippen LogP contribution >= 0.6 is 0 Å². The van der Waals surface area contributed by atoms with E-state index < -0.39 is 29.6 Å². The summed E-state index contributed by atoms with van der Waals surface area (Å²) in [7, 11) is 0. The number of nitrogens with one attached hydrogen (secondary N) is 4. The van der Waals surface area contributed by atoms with Gasteiger partial charge < -0.3 is 15.5 Å². The van der Waals surface area contributed by atoms with Crippen LogP contribution in [0.15, 0.2) is 24.3 Å². The van der Waals surface area contributed by atoms with Crippen molar-refractivity contribution >= 4 is 23.5 Å². The molecule has 1 fully saturated rings. The van der Waals surface area contributed by atoms with Crippen LogP contribution in [0.1, 0.15) is 38.2 Å². The molecule has 2 rings (SSSR count). The number of carbonyl (C=O) groups excluding carboxylic acids is 3. The molecule has 1 aliphatic carbocycles. The number of hydrogen-bond donors (Lipinski definition) is 4. The van der Waals surface area contributed by atoms with E-state index in [0.29, 0.717) is 11.4 Å². The second-order valence-electron chi connectivity index (χ2n) is 7.05. The summed E-state index contributed by atoms with van der Waals surface area (Å²) in [6, 6.07) is 4.19. The van der Waals surface area contributed by atoms with Gasteiger partial charge in [0, 0.05) is 6.04 Å². The normalized spacial score (nSPS) is 15.6. The third-order valence-electron chi connectivity index (χ3n) is 4.77.